The van der Waals surface area contributed by atoms with Crippen LogP contribution in [0.1, 0.15) is 12.8 Å². The van der Waals surface area contributed by atoms with E-state index < -0.39 is 0 Å². The minimum atomic E-state index is 0.808. The predicted octanol–water partition coefficient (Wildman–Crippen LogP) is 5.82. The molecule has 0 aliphatic heterocycles. The van der Waals surface area contributed by atoms with Crippen LogP contribution in [-0.2, 0) is 0 Å². The van der Waals surface area contributed by atoms with Crippen molar-refractivity contribution in [3.05, 3.63) is 71.0 Å². The molecular formula is C17H16S2. The normalized spacial score (nSPS) is 14.1. The Balaban J connectivity index is 1.75. The lowest BCUT2D eigenvalue weighted by Crippen LogP contribution is -1.77. The van der Waals surface area contributed by atoms with E-state index in [1.807, 2.05) is 23.5 Å². The van der Waals surface area contributed by atoms with Gasteiger partial charge in [-0.3, -0.25) is 0 Å². The van der Waals surface area contributed by atoms with E-state index in [0.717, 1.165) is 5.92 Å². The van der Waals surface area contributed by atoms with Crippen molar-refractivity contribution in [2.75, 3.05) is 0 Å². The molecule has 0 aromatic heterocycles. The molecule has 1 aliphatic rings. The molecule has 0 radical (unpaired) electrons. The summed E-state index contributed by atoms with van der Waals surface area (Å²) in [6, 6.07) is 21.3. The second-order valence-corrected chi connectivity index (χ2v) is 7.14. The van der Waals surface area contributed by atoms with Gasteiger partial charge in [-0.05, 0) is 43.0 Å². The standard InChI is InChI=1S/C17H16S2/c1-3-7-15(8-4-1)18-17(13-14-11-12-14)19-16-9-5-2-6-10-16/h1-10,13-14H,11-12H2. The molecule has 0 bridgehead atoms. The summed E-state index contributed by atoms with van der Waals surface area (Å²) in [7, 11) is 0. The van der Waals surface area contributed by atoms with Gasteiger partial charge in [0.25, 0.3) is 0 Å². The lowest BCUT2D eigenvalue weighted by Gasteiger charge is -2.07. The van der Waals surface area contributed by atoms with Crippen LogP contribution in [0.2, 0.25) is 0 Å². The minimum Gasteiger partial charge on any atom is -0.0831 e. The van der Waals surface area contributed by atoms with E-state index in [9.17, 15) is 0 Å². The van der Waals surface area contributed by atoms with Gasteiger partial charge in [0.05, 0.1) is 0 Å². The monoisotopic (exact) mass is 284 g/mol. The van der Waals surface area contributed by atoms with E-state index in [1.165, 1.54) is 26.9 Å². The lowest BCUT2D eigenvalue weighted by molar-refractivity contribution is 1.13. The summed E-state index contributed by atoms with van der Waals surface area (Å²) in [6.45, 7) is 0. The maximum absolute atomic E-state index is 2.44. The summed E-state index contributed by atoms with van der Waals surface area (Å²) in [5, 5.41) is 0. The Bertz CT molecular complexity index is 498. The summed E-state index contributed by atoms with van der Waals surface area (Å²) >= 11 is 3.75. The Morgan fingerprint density at radius 1 is 0.789 bits per heavy atom. The third kappa shape index (κ3) is 4.19. The molecule has 0 heterocycles. The summed E-state index contributed by atoms with van der Waals surface area (Å²) < 4.78 is 1.40. The van der Waals surface area contributed by atoms with Gasteiger partial charge in [-0.1, -0.05) is 66.0 Å². The van der Waals surface area contributed by atoms with Crippen LogP contribution in [0.4, 0.5) is 0 Å². The maximum Gasteiger partial charge on any atom is 0.0461 e. The Morgan fingerprint density at radius 2 is 1.26 bits per heavy atom. The van der Waals surface area contributed by atoms with Crippen LogP contribution in [0.25, 0.3) is 0 Å². The molecule has 2 aromatic carbocycles. The van der Waals surface area contributed by atoms with E-state index >= 15 is 0 Å². The maximum atomic E-state index is 2.44. The molecule has 0 atom stereocenters. The zero-order chi connectivity index (χ0) is 12.9. The van der Waals surface area contributed by atoms with Crippen molar-refractivity contribution >= 4 is 23.5 Å². The first-order valence-electron chi connectivity index (χ1n) is 6.58. The molecule has 19 heavy (non-hydrogen) atoms. The number of hydrogen-bond acceptors (Lipinski definition) is 2. The van der Waals surface area contributed by atoms with Crippen molar-refractivity contribution in [3.63, 3.8) is 0 Å². The van der Waals surface area contributed by atoms with Crippen LogP contribution in [0.5, 0.6) is 0 Å². The zero-order valence-electron chi connectivity index (χ0n) is 10.7. The Hall–Kier alpha value is -1.12. The highest BCUT2D eigenvalue weighted by molar-refractivity contribution is 8.22. The molecule has 0 nitrogen and oxygen atoms in total. The van der Waals surface area contributed by atoms with Gasteiger partial charge in [-0.15, -0.1) is 0 Å². The molecule has 2 aromatic rings. The lowest BCUT2D eigenvalue weighted by atomic mass is 10.4. The molecule has 1 saturated carbocycles. The molecular weight excluding hydrogens is 268 g/mol. The number of allylic oxidation sites excluding steroid dienone is 1. The number of benzene rings is 2. The largest absolute Gasteiger partial charge is 0.0831 e. The molecule has 0 saturated heterocycles. The predicted molar refractivity (Wildman–Crippen MR) is 85.4 cm³/mol. The van der Waals surface area contributed by atoms with Crippen LogP contribution < -0.4 is 0 Å². The summed E-state index contributed by atoms with van der Waals surface area (Å²) in [6.07, 6.45) is 5.15. The van der Waals surface area contributed by atoms with Gasteiger partial charge in [0.2, 0.25) is 0 Å². The topological polar surface area (TPSA) is 0 Å². The first-order chi connectivity index (χ1) is 9.40. The number of rotatable bonds is 5. The van der Waals surface area contributed by atoms with Gasteiger partial charge < -0.3 is 0 Å². The van der Waals surface area contributed by atoms with Crippen LogP contribution in [0, 0.1) is 5.92 Å². The number of hydrogen-bond donors (Lipinski definition) is 0. The Labute approximate surface area is 123 Å². The second kappa shape index (κ2) is 6.36. The fraction of sp³-hybridized carbons (Fsp3) is 0.176. The fourth-order valence-electron chi connectivity index (χ4n) is 1.75. The average Bonchev–Trinajstić information content (AvgIpc) is 3.25. The molecule has 2 heteroatoms. The molecule has 96 valence electrons. The highest BCUT2D eigenvalue weighted by Crippen LogP contribution is 2.43. The summed E-state index contributed by atoms with van der Waals surface area (Å²) in [4.78, 5) is 2.63. The Morgan fingerprint density at radius 3 is 1.68 bits per heavy atom. The van der Waals surface area contributed by atoms with Crippen LogP contribution in [0.3, 0.4) is 0 Å². The van der Waals surface area contributed by atoms with E-state index in [1.54, 1.807) is 0 Å². The van der Waals surface area contributed by atoms with Gasteiger partial charge in [0, 0.05) is 14.0 Å². The highest BCUT2D eigenvalue weighted by Gasteiger charge is 2.20. The molecule has 0 spiro atoms. The van der Waals surface area contributed by atoms with Gasteiger partial charge in [0.1, 0.15) is 0 Å². The molecule has 0 N–H and O–H groups in total. The smallest absolute Gasteiger partial charge is 0.0461 e. The van der Waals surface area contributed by atoms with Gasteiger partial charge in [-0.2, -0.15) is 0 Å². The van der Waals surface area contributed by atoms with Crippen molar-refractivity contribution in [1.29, 1.82) is 0 Å². The molecule has 3 rings (SSSR count). The third-order valence-corrected chi connectivity index (χ3v) is 5.11. The van der Waals surface area contributed by atoms with E-state index in [0.29, 0.717) is 0 Å². The number of thioether (sulfide) groups is 2. The summed E-state index contributed by atoms with van der Waals surface area (Å²) in [5.74, 6) is 0.808. The van der Waals surface area contributed by atoms with Crippen molar-refractivity contribution in [1.82, 2.24) is 0 Å². The van der Waals surface area contributed by atoms with Gasteiger partial charge in [-0.25, -0.2) is 0 Å². The van der Waals surface area contributed by atoms with Crippen molar-refractivity contribution < 1.29 is 0 Å². The van der Waals surface area contributed by atoms with E-state index in [4.69, 9.17) is 0 Å². The quantitative estimate of drug-likeness (QED) is 0.634. The minimum absolute atomic E-state index is 0.808. The summed E-state index contributed by atoms with van der Waals surface area (Å²) in [5.41, 5.74) is 0. The Kier molecular flexibility index (Phi) is 4.31. The molecule has 0 amide bonds. The zero-order valence-corrected chi connectivity index (χ0v) is 12.3. The SMILES string of the molecule is C(=C(Sc1ccccc1)Sc1ccccc1)C1CC1. The van der Waals surface area contributed by atoms with E-state index in [-0.39, 0.29) is 0 Å². The molecule has 1 aliphatic carbocycles. The highest BCUT2D eigenvalue weighted by atomic mass is 32.2. The average molecular weight is 284 g/mol. The second-order valence-electron chi connectivity index (χ2n) is 4.65. The van der Waals surface area contributed by atoms with Crippen LogP contribution >= 0.6 is 23.5 Å². The fourth-order valence-corrected chi connectivity index (χ4v) is 4.07. The van der Waals surface area contributed by atoms with Gasteiger partial charge in [0.15, 0.2) is 0 Å². The van der Waals surface area contributed by atoms with Crippen molar-refractivity contribution in [3.8, 4) is 0 Å². The van der Waals surface area contributed by atoms with Gasteiger partial charge >= 0.3 is 0 Å². The van der Waals surface area contributed by atoms with Crippen molar-refractivity contribution in [2.24, 2.45) is 5.92 Å². The first-order valence-corrected chi connectivity index (χ1v) is 8.21. The first kappa shape index (κ1) is 12.9. The van der Waals surface area contributed by atoms with E-state index in [2.05, 4.69) is 66.7 Å². The van der Waals surface area contributed by atoms with Crippen molar-refractivity contribution in [2.45, 2.75) is 22.6 Å². The third-order valence-electron chi connectivity index (χ3n) is 2.92. The van der Waals surface area contributed by atoms with Crippen LogP contribution in [-0.4, -0.2) is 0 Å². The molecule has 1 fully saturated rings. The van der Waals surface area contributed by atoms with Crippen LogP contribution in [0.15, 0.2) is 80.8 Å². The molecule has 0 unspecified atom stereocenters.